The van der Waals surface area contributed by atoms with Crippen molar-refractivity contribution in [1.29, 1.82) is 0 Å². The van der Waals surface area contributed by atoms with Gasteiger partial charge in [0.25, 0.3) is 0 Å². The normalized spacial score (nSPS) is 31.2. The van der Waals surface area contributed by atoms with Gasteiger partial charge in [0, 0.05) is 6.54 Å². The summed E-state index contributed by atoms with van der Waals surface area (Å²) in [7, 11) is 4.03. The van der Waals surface area contributed by atoms with Crippen molar-refractivity contribution >= 4 is 0 Å². The summed E-state index contributed by atoms with van der Waals surface area (Å²) in [5, 5.41) is 0. The zero-order valence-corrected chi connectivity index (χ0v) is 12.4. The number of hydrogen-bond acceptors (Lipinski definition) is 2. The monoisotopic (exact) mass is 259 g/mol. The lowest BCUT2D eigenvalue weighted by molar-refractivity contribution is 0.142. The molecule has 0 N–H and O–H groups in total. The minimum Gasteiger partial charge on any atom is -0.497 e. The molecule has 2 aliphatic rings. The van der Waals surface area contributed by atoms with E-state index < -0.39 is 0 Å². The summed E-state index contributed by atoms with van der Waals surface area (Å²) in [5.41, 5.74) is 3.43. The third-order valence-corrected chi connectivity index (χ3v) is 5.37. The average molecular weight is 259 g/mol. The molecule has 0 aromatic heterocycles. The van der Waals surface area contributed by atoms with Crippen LogP contribution in [-0.2, 0) is 11.8 Å². The molecule has 104 valence electrons. The van der Waals surface area contributed by atoms with Crippen LogP contribution in [0, 0.1) is 5.92 Å². The van der Waals surface area contributed by atoms with Crippen LogP contribution in [0.3, 0.4) is 0 Å². The van der Waals surface area contributed by atoms with Crippen LogP contribution in [0.15, 0.2) is 18.2 Å². The highest BCUT2D eigenvalue weighted by Gasteiger charge is 2.42. The molecule has 1 heterocycles. The molecule has 0 bridgehead atoms. The maximum Gasteiger partial charge on any atom is 0.119 e. The van der Waals surface area contributed by atoms with Crippen LogP contribution in [0.2, 0.25) is 0 Å². The molecule has 1 fully saturated rings. The van der Waals surface area contributed by atoms with Gasteiger partial charge in [-0.25, -0.2) is 0 Å². The fourth-order valence-electron chi connectivity index (χ4n) is 4.07. The van der Waals surface area contributed by atoms with Crippen LogP contribution in [0.5, 0.6) is 5.75 Å². The van der Waals surface area contributed by atoms with Gasteiger partial charge in [0.05, 0.1) is 7.11 Å². The molecule has 2 heteroatoms. The Balaban J connectivity index is 1.94. The SMILES string of the molecule is COc1ccc2c(c1)C(C)(C1CCCN(C)C1)CC2. The van der Waals surface area contributed by atoms with Crippen molar-refractivity contribution < 1.29 is 4.74 Å². The van der Waals surface area contributed by atoms with Gasteiger partial charge in [-0.15, -0.1) is 0 Å². The summed E-state index contributed by atoms with van der Waals surface area (Å²) < 4.78 is 5.43. The summed E-state index contributed by atoms with van der Waals surface area (Å²) in [5.74, 6) is 1.80. The van der Waals surface area contributed by atoms with Crippen LogP contribution < -0.4 is 4.74 Å². The van der Waals surface area contributed by atoms with Crippen LogP contribution in [0.1, 0.15) is 37.3 Å². The summed E-state index contributed by atoms with van der Waals surface area (Å²) >= 11 is 0. The minimum atomic E-state index is 0.346. The lowest BCUT2D eigenvalue weighted by Crippen LogP contribution is -2.42. The van der Waals surface area contributed by atoms with E-state index in [2.05, 4.69) is 37.1 Å². The highest BCUT2D eigenvalue weighted by molar-refractivity contribution is 5.44. The van der Waals surface area contributed by atoms with Crippen molar-refractivity contribution in [3.8, 4) is 5.75 Å². The van der Waals surface area contributed by atoms with Crippen LogP contribution in [-0.4, -0.2) is 32.1 Å². The summed E-state index contributed by atoms with van der Waals surface area (Å²) in [6.07, 6.45) is 5.25. The third-order valence-electron chi connectivity index (χ3n) is 5.37. The second-order valence-corrected chi connectivity index (χ2v) is 6.54. The first kappa shape index (κ1) is 13.0. The van der Waals surface area contributed by atoms with Gasteiger partial charge in [-0.3, -0.25) is 0 Å². The molecule has 0 amide bonds. The number of hydrogen-bond donors (Lipinski definition) is 0. The Morgan fingerprint density at radius 3 is 2.95 bits per heavy atom. The van der Waals surface area contributed by atoms with E-state index in [0.29, 0.717) is 5.41 Å². The molecule has 1 aliphatic heterocycles. The number of piperidine rings is 1. The van der Waals surface area contributed by atoms with Crippen molar-refractivity contribution in [3.05, 3.63) is 29.3 Å². The fourth-order valence-corrected chi connectivity index (χ4v) is 4.07. The van der Waals surface area contributed by atoms with Crippen molar-refractivity contribution in [2.75, 3.05) is 27.2 Å². The molecule has 2 nitrogen and oxygen atoms in total. The first-order valence-electron chi connectivity index (χ1n) is 7.49. The lowest BCUT2D eigenvalue weighted by Gasteiger charge is -2.41. The maximum absolute atomic E-state index is 5.43. The van der Waals surface area contributed by atoms with Crippen molar-refractivity contribution in [1.82, 2.24) is 4.90 Å². The quantitative estimate of drug-likeness (QED) is 0.808. The molecule has 1 aromatic carbocycles. The zero-order valence-electron chi connectivity index (χ0n) is 12.4. The van der Waals surface area contributed by atoms with E-state index in [4.69, 9.17) is 4.74 Å². The number of aryl methyl sites for hydroxylation is 1. The first-order valence-corrected chi connectivity index (χ1v) is 7.49. The molecule has 2 atom stereocenters. The highest BCUT2D eigenvalue weighted by atomic mass is 16.5. The number of fused-ring (bicyclic) bond motifs is 1. The Morgan fingerprint density at radius 2 is 2.21 bits per heavy atom. The summed E-state index contributed by atoms with van der Waals surface area (Å²) in [6.45, 7) is 4.98. The van der Waals surface area contributed by atoms with Gasteiger partial charge in [-0.05, 0) is 73.9 Å². The molecule has 1 aromatic rings. The van der Waals surface area contributed by atoms with E-state index >= 15 is 0 Å². The Labute approximate surface area is 116 Å². The topological polar surface area (TPSA) is 12.5 Å². The van der Waals surface area contributed by atoms with Crippen LogP contribution in [0.25, 0.3) is 0 Å². The molecule has 0 spiro atoms. The van der Waals surface area contributed by atoms with Crippen molar-refractivity contribution in [2.45, 2.75) is 38.0 Å². The Morgan fingerprint density at radius 1 is 1.37 bits per heavy atom. The van der Waals surface area contributed by atoms with Crippen molar-refractivity contribution in [2.24, 2.45) is 5.92 Å². The number of nitrogens with zero attached hydrogens (tertiary/aromatic N) is 1. The summed E-state index contributed by atoms with van der Waals surface area (Å²) in [4.78, 5) is 2.50. The fraction of sp³-hybridized carbons (Fsp3) is 0.647. The molecule has 2 unspecified atom stereocenters. The van der Waals surface area contributed by atoms with Gasteiger partial charge in [0.2, 0.25) is 0 Å². The molecule has 1 saturated heterocycles. The molecule has 3 rings (SSSR count). The summed E-state index contributed by atoms with van der Waals surface area (Å²) in [6, 6.07) is 6.67. The minimum absolute atomic E-state index is 0.346. The van der Waals surface area contributed by atoms with E-state index in [0.717, 1.165) is 11.7 Å². The van der Waals surface area contributed by atoms with Gasteiger partial charge in [-0.1, -0.05) is 13.0 Å². The van der Waals surface area contributed by atoms with Gasteiger partial charge >= 0.3 is 0 Å². The number of ether oxygens (including phenoxy) is 1. The second-order valence-electron chi connectivity index (χ2n) is 6.54. The smallest absolute Gasteiger partial charge is 0.119 e. The van der Waals surface area contributed by atoms with Gasteiger partial charge in [0.15, 0.2) is 0 Å². The van der Waals surface area contributed by atoms with Gasteiger partial charge in [0.1, 0.15) is 5.75 Å². The van der Waals surface area contributed by atoms with Crippen LogP contribution >= 0.6 is 0 Å². The lowest BCUT2D eigenvalue weighted by atomic mass is 9.69. The Kier molecular flexibility index (Phi) is 3.30. The van der Waals surface area contributed by atoms with Gasteiger partial charge < -0.3 is 9.64 Å². The number of rotatable bonds is 2. The van der Waals surface area contributed by atoms with E-state index in [-0.39, 0.29) is 0 Å². The van der Waals surface area contributed by atoms with Crippen molar-refractivity contribution in [3.63, 3.8) is 0 Å². The average Bonchev–Trinajstić information content (AvgIpc) is 2.77. The van der Waals surface area contributed by atoms with E-state index in [1.807, 2.05) is 0 Å². The van der Waals surface area contributed by atoms with Gasteiger partial charge in [-0.2, -0.15) is 0 Å². The standard InChI is InChI=1S/C17H25NO/c1-17(14-5-4-10-18(2)12-14)9-8-13-6-7-15(19-3)11-16(13)17/h6-7,11,14H,4-5,8-10,12H2,1-3H3. The Hall–Kier alpha value is -1.02. The predicted molar refractivity (Wildman–Crippen MR) is 78.9 cm³/mol. The maximum atomic E-state index is 5.43. The van der Waals surface area contributed by atoms with E-state index in [1.54, 1.807) is 12.7 Å². The third kappa shape index (κ3) is 2.16. The van der Waals surface area contributed by atoms with E-state index in [9.17, 15) is 0 Å². The second kappa shape index (κ2) is 4.82. The predicted octanol–water partition coefficient (Wildman–Crippen LogP) is 3.24. The molecular weight excluding hydrogens is 234 g/mol. The zero-order chi connectivity index (χ0) is 13.5. The Bertz CT molecular complexity index is 470. The highest BCUT2D eigenvalue weighted by Crippen LogP contribution is 2.47. The van der Waals surface area contributed by atoms with Crippen LogP contribution in [0.4, 0.5) is 0 Å². The number of likely N-dealkylation sites (tertiary alicyclic amines) is 1. The molecule has 0 saturated carbocycles. The largest absolute Gasteiger partial charge is 0.497 e. The number of methoxy groups -OCH3 is 1. The first-order chi connectivity index (χ1) is 9.13. The molecular formula is C17H25NO. The molecule has 1 aliphatic carbocycles. The molecule has 19 heavy (non-hydrogen) atoms. The number of benzene rings is 1. The molecule has 0 radical (unpaired) electrons. The van der Waals surface area contributed by atoms with E-state index in [1.165, 1.54) is 44.3 Å².